The summed E-state index contributed by atoms with van der Waals surface area (Å²) in [6.45, 7) is 2.56. The van der Waals surface area contributed by atoms with Crippen LogP contribution in [0, 0.1) is 5.82 Å². The van der Waals surface area contributed by atoms with Gasteiger partial charge < -0.3 is 14.2 Å². The number of carbonyl (C=O) groups is 1. The molecule has 1 fully saturated rings. The molecule has 1 saturated heterocycles. The fraction of sp³-hybridized carbons (Fsp3) is 0.263. The van der Waals surface area contributed by atoms with Gasteiger partial charge in [-0.1, -0.05) is 0 Å². The number of halogens is 1. The van der Waals surface area contributed by atoms with Crippen molar-refractivity contribution in [3.63, 3.8) is 0 Å². The molecule has 0 radical (unpaired) electrons. The summed E-state index contributed by atoms with van der Waals surface area (Å²) in [5.41, 5.74) is 2.47. The number of aromatic nitrogens is 2. The number of rotatable bonds is 3. The number of carbonyl (C=O) groups excluding carboxylic acids is 1. The largest absolute Gasteiger partial charge is 0.378 e. The summed E-state index contributed by atoms with van der Waals surface area (Å²) in [6, 6.07) is 12.1. The number of amides is 1. The molecule has 1 aliphatic heterocycles. The molecular formula is C19H18FN3O2. The molecule has 25 heavy (non-hydrogen) atoms. The normalized spacial score (nSPS) is 14.8. The maximum atomic E-state index is 13.3. The minimum absolute atomic E-state index is 0.0369. The summed E-state index contributed by atoms with van der Waals surface area (Å²) in [5, 5.41) is 0.955. The molecule has 0 N–H and O–H groups in total. The fourth-order valence-corrected chi connectivity index (χ4v) is 3.15. The lowest BCUT2D eigenvalue weighted by Gasteiger charge is -2.27. The fourth-order valence-electron chi connectivity index (χ4n) is 3.15. The maximum Gasteiger partial charge on any atom is 0.242 e. The first-order valence-electron chi connectivity index (χ1n) is 8.28. The SMILES string of the molecule is O=C(Cn1c(-c2ccc(F)cc2)cc2cccnc21)N1CCOCC1. The smallest absolute Gasteiger partial charge is 0.242 e. The molecule has 6 heteroatoms. The molecule has 0 saturated carbocycles. The second kappa shape index (κ2) is 6.64. The van der Waals surface area contributed by atoms with Gasteiger partial charge in [0.1, 0.15) is 18.0 Å². The first-order valence-corrected chi connectivity index (χ1v) is 8.28. The number of fused-ring (bicyclic) bond motifs is 1. The van der Waals surface area contributed by atoms with Crippen molar-refractivity contribution < 1.29 is 13.9 Å². The summed E-state index contributed by atoms with van der Waals surface area (Å²) in [6.07, 6.45) is 1.71. The Morgan fingerprint density at radius 1 is 1.16 bits per heavy atom. The van der Waals surface area contributed by atoms with Crippen molar-refractivity contribution in [2.75, 3.05) is 26.3 Å². The lowest BCUT2D eigenvalue weighted by atomic mass is 10.1. The van der Waals surface area contributed by atoms with Crippen LogP contribution in [0.2, 0.25) is 0 Å². The van der Waals surface area contributed by atoms with Crippen molar-refractivity contribution in [1.29, 1.82) is 0 Å². The Balaban J connectivity index is 1.74. The second-order valence-corrected chi connectivity index (χ2v) is 6.03. The van der Waals surface area contributed by atoms with Crippen LogP contribution < -0.4 is 0 Å². The molecule has 0 spiro atoms. The number of hydrogen-bond acceptors (Lipinski definition) is 3. The molecule has 2 aromatic heterocycles. The zero-order valence-corrected chi connectivity index (χ0v) is 13.7. The molecule has 0 atom stereocenters. The average molecular weight is 339 g/mol. The van der Waals surface area contributed by atoms with E-state index < -0.39 is 0 Å². The van der Waals surface area contributed by atoms with Crippen LogP contribution in [0.3, 0.4) is 0 Å². The summed E-state index contributed by atoms with van der Waals surface area (Å²) >= 11 is 0. The highest BCUT2D eigenvalue weighted by molar-refractivity contribution is 5.87. The third kappa shape index (κ3) is 3.13. The third-order valence-electron chi connectivity index (χ3n) is 4.45. The molecule has 0 aliphatic carbocycles. The Kier molecular flexibility index (Phi) is 4.19. The van der Waals surface area contributed by atoms with E-state index in [1.54, 1.807) is 18.3 Å². The van der Waals surface area contributed by atoms with E-state index in [1.165, 1.54) is 12.1 Å². The van der Waals surface area contributed by atoms with Gasteiger partial charge in [-0.3, -0.25) is 4.79 Å². The van der Waals surface area contributed by atoms with Gasteiger partial charge in [0.2, 0.25) is 5.91 Å². The monoisotopic (exact) mass is 339 g/mol. The van der Waals surface area contributed by atoms with Crippen LogP contribution >= 0.6 is 0 Å². The van der Waals surface area contributed by atoms with Crippen molar-refractivity contribution in [2.45, 2.75) is 6.54 Å². The van der Waals surface area contributed by atoms with E-state index in [0.717, 1.165) is 22.3 Å². The van der Waals surface area contributed by atoms with Crippen LogP contribution in [0.1, 0.15) is 0 Å². The maximum absolute atomic E-state index is 13.3. The van der Waals surface area contributed by atoms with Gasteiger partial charge in [0, 0.05) is 24.7 Å². The van der Waals surface area contributed by atoms with Crippen LogP contribution in [-0.2, 0) is 16.1 Å². The molecule has 1 aromatic carbocycles. The van der Waals surface area contributed by atoms with Crippen molar-refractivity contribution in [3.05, 3.63) is 54.5 Å². The van der Waals surface area contributed by atoms with Crippen LogP contribution in [0.4, 0.5) is 4.39 Å². The number of morpholine rings is 1. The summed E-state index contributed by atoms with van der Waals surface area (Å²) in [7, 11) is 0. The molecule has 0 bridgehead atoms. The van der Waals surface area contributed by atoms with Crippen LogP contribution in [0.15, 0.2) is 48.7 Å². The highest BCUT2D eigenvalue weighted by Crippen LogP contribution is 2.27. The van der Waals surface area contributed by atoms with Gasteiger partial charge >= 0.3 is 0 Å². The minimum atomic E-state index is -0.283. The molecule has 1 aliphatic rings. The Morgan fingerprint density at radius 2 is 1.92 bits per heavy atom. The highest BCUT2D eigenvalue weighted by Gasteiger charge is 2.20. The first-order chi connectivity index (χ1) is 12.2. The van der Waals surface area contributed by atoms with E-state index in [9.17, 15) is 9.18 Å². The topological polar surface area (TPSA) is 47.4 Å². The Hall–Kier alpha value is -2.73. The van der Waals surface area contributed by atoms with Gasteiger partial charge in [-0.25, -0.2) is 9.37 Å². The zero-order valence-electron chi connectivity index (χ0n) is 13.7. The molecule has 5 nitrogen and oxygen atoms in total. The standard InChI is InChI=1S/C19H18FN3O2/c20-16-5-3-14(4-6-16)17-12-15-2-1-7-21-19(15)23(17)13-18(24)22-8-10-25-11-9-22/h1-7,12H,8-11,13H2. The molecule has 4 rings (SSSR count). The van der Waals surface area contributed by atoms with E-state index in [-0.39, 0.29) is 18.3 Å². The first kappa shape index (κ1) is 15.8. The summed E-state index contributed by atoms with van der Waals surface area (Å²) in [5.74, 6) is -0.247. The molecule has 3 aromatic rings. The van der Waals surface area contributed by atoms with E-state index in [1.807, 2.05) is 27.7 Å². The summed E-state index contributed by atoms with van der Waals surface area (Å²) < 4.78 is 20.5. The van der Waals surface area contributed by atoms with Crippen LogP contribution in [-0.4, -0.2) is 46.7 Å². The third-order valence-corrected chi connectivity index (χ3v) is 4.45. The number of ether oxygens (including phenoxy) is 1. The number of hydrogen-bond donors (Lipinski definition) is 0. The van der Waals surface area contributed by atoms with Crippen molar-refractivity contribution in [2.24, 2.45) is 0 Å². The van der Waals surface area contributed by atoms with E-state index >= 15 is 0 Å². The molecular weight excluding hydrogens is 321 g/mol. The lowest BCUT2D eigenvalue weighted by molar-refractivity contribution is -0.135. The quantitative estimate of drug-likeness (QED) is 0.737. The van der Waals surface area contributed by atoms with Crippen LogP contribution in [0.5, 0.6) is 0 Å². The van der Waals surface area contributed by atoms with Crippen molar-refractivity contribution in [3.8, 4) is 11.3 Å². The van der Waals surface area contributed by atoms with E-state index in [2.05, 4.69) is 4.98 Å². The van der Waals surface area contributed by atoms with Gasteiger partial charge in [-0.05, 0) is 48.0 Å². The van der Waals surface area contributed by atoms with E-state index in [0.29, 0.717) is 26.3 Å². The van der Waals surface area contributed by atoms with Gasteiger partial charge in [0.15, 0.2) is 0 Å². The van der Waals surface area contributed by atoms with Gasteiger partial charge in [0.05, 0.1) is 18.9 Å². The summed E-state index contributed by atoms with van der Waals surface area (Å²) in [4.78, 5) is 19.0. The molecule has 128 valence electrons. The predicted molar refractivity (Wildman–Crippen MR) is 92.5 cm³/mol. The number of nitrogens with zero attached hydrogens (tertiary/aromatic N) is 3. The van der Waals surface area contributed by atoms with Crippen molar-refractivity contribution >= 4 is 16.9 Å². The average Bonchev–Trinajstić information content (AvgIpc) is 3.02. The Bertz CT molecular complexity index is 899. The van der Waals surface area contributed by atoms with Crippen LogP contribution in [0.25, 0.3) is 22.3 Å². The highest BCUT2D eigenvalue weighted by atomic mass is 19.1. The Morgan fingerprint density at radius 3 is 2.68 bits per heavy atom. The zero-order chi connectivity index (χ0) is 17.2. The molecule has 0 unspecified atom stereocenters. The lowest BCUT2D eigenvalue weighted by Crippen LogP contribution is -2.42. The van der Waals surface area contributed by atoms with Gasteiger partial charge in [-0.15, -0.1) is 0 Å². The second-order valence-electron chi connectivity index (χ2n) is 6.03. The minimum Gasteiger partial charge on any atom is -0.378 e. The van der Waals surface area contributed by atoms with E-state index in [4.69, 9.17) is 4.74 Å². The van der Waals surface area contributed by atoms with Gasteiger partial charge in [0.25, 0.3) is 0 Å². The molecule has 1 amide bonds. The number of pyridine rings is 1. The number of benzene rings is 1. The predicted octanol–water partition coefficient (Wildman–Crippen LogP) is 2.70. The Labute approximate surface area is 144 Å². The van der Waals surface area contributed by atoms with Gasteiger partial charge in [-0.2, -0.15) is 0 Å². The molecule has 3 heterocycles. The van der Waals surface area contributed by atoms with Crippen molar-refractivity contribution in [1.82, 2.24) is 14.5 Å².